The molecule has 1 amide bonds. The van der Waals surface area contributed by atoms with Gasteiger partial charge in [-0.3, -0.25) is 19.1 Å². The van der Waals surface area contributed by atoms with Gasteiger partial charge >= 0.3 is 0 Å². The number of carbonyl (C=O) groups excluding carboxylic acids is 1. The fourth-order valence-corrected chi connectivity index (χ4v) is 4.26. The first-order valence-electron chi connectivity index (χ1n) is 7.50. The molecular formula is C16H18N4O2S2. The summed E-state index contributed by atoms with van der Waals surface area (Å²) in [7, 11) is 5.30. The number of thiazole rings is 1. The van der Waals surface area contributed by atoms with Crippen LogP contribution >= 0.6 is 23.6 Å². The van der Waals surface area contributed by atoms with Gasteiger partial charge in [-0.15, -0.1) is 11.3 Å². The lowest BCUT2D eigenvalue weighted by Crippen LogP contribution is -2.35. The van der Waals surface area contributed by atoms with Crippen molar-refractivity contribution in [3.63, 3.8) is 0 Å². The smallest absolute Gasteiger partial charge is 0.279 e. The largest absolute Gasteiger partial charge is 0.350 e. The average molecular weight is 362 g/mol. The number of hydrogen-bond acceptors (Lipinski definition) is 5. The molecule has 0 aliphatic carbocycles. The van der Waals surface area contributed by atoms with Gasteiger partial charge < -0.3 is 9.80 Å². The first-order valence-corrected chi connectivity index (χ1v) is 8.72. The van der Waals surface area contributed by atoms with E-state index in [1.165, 1.54) is 16.2 Å². The van der Waals surface area contributed by atoms with Crippen LogP contribution in [-0.4, -0.2) is 51.4 Å². The highest BCUT2D eigenvalue weighted by Gasteiger charge is 2.35. The van der Waals surface area contributed by atoms with Gasteiger partial charge in [0.05, 0.1) is 5.70 Å². The zero-order chi connectivity index (χ0) is 17.6. The molecule has 1 fully saturated rings. The molecule has 8 heteroatoms. The summed E-state index contributed by atoms with van der Waals surface area (Å²) in [4.78, 5) is 30.4. The highest BCUT2D eigenvalue weighted by molar-refractivity contribution is 7.80. The van der Waals surface area contributed by atoms with E-state index in [-0.39, 0.29) is 11.5 Å². The molecule has 1 aromatic rings. The lowest BCUT2D eigenvalue weighted by Gasteiger charge is -2.16. The minimum atomic E-state index is -0.185. The van der Waals surface area contributed by atoms with E-state index >= 15 is 0 Å². The lowest BCUT2D eigenvalue weighted by atomic mass is 10.3. The standard InChI is InChI=1S/C16H18N4O2S2/c1-5-20-14(22)12(10-8-6-7-9-17(10)2)24-15(20)11-13(21)19(4)16(23)18(11)3/h6-9H,5H2,1-4H3/b12-10-,15-11-. The Hall–Kier alpha value is -2.19. The number of amides is 1. The van der Waals surface area contributed by atoms with Crippen LogP contribution in [0.5, 0.6) is 0 Å². The fourth-order valence-electron chi connectivity index (χ4n) is 2.74. The number of allylic oxidation sites excluding steroid dienone is 2. The Morgan fingerprint density at radius 3 is 2.38 bits per heavy atom. The van der Waals surface area contributed by atoms with Gasteiger partial charge in [0.2, 0.25) is 0 Å². The maximum Gasteiger partial charge on any atom is 0.279 e. The fraction of sp³-hybridized carbons (Fsp3) is 0.312. The third-order valence-corrected chi connectivity index (χ3v) is 5.85. The number of likely N-dealkylation sites (N-methyl/N-ethyl adjacent to an activating group) is 3. The summed E-state index contributed by atoms with van der Waals surface area (Å²) in [6, 6.07) is 0. The van der Waals surface area contributed by atoms with Crippen LogP contribution < -0.4 is 14.8 Å². The molecule has 1 saturated heterocycles. The molecule has 0 saturated carbocycles. The van der Waals surface area contributed by atoms with Crippen LogP contribution in [0.3, 0.4) is 0 Å². The lowest BCUT2D eigenvalue weighted by molar-refractivity contribution is -0.120. The minimum absolute atomic E-state index is 0.0894. The molecule has 0 aromatic carbocycles. The molecule has 0 bridgehead atoms. The molecule has 0 radical (unpaired) electrons. The normalized spacial score (nSPS) is 22.2. The number of rotatable bonds is 1. The molecule has 24 heavy (non-hydrogen) atoms. The van der Waals surface area contributed by atoms with Gasteiger partial charge in [0, 0.05) is 33.9 Å². The van der Waals surface area contributed by atoms with Crippen molar-refractivity contribution in [2.45, 2.75) is 13.5 Å². The molecular weight excluding hydrogens is 344 g/mol. The van der Waals surface area contributed by atoms with Gasteiger partial charge in [0.1, 0.15) is 14.9 Å². The molecule has 0 spiro atoms. The Kier molecular flexibility index (Phi) is 4.18. The van der Waals surface area contributed by atoms with E-state index in [0.29, 0.717) is 26.5 Å². The van der Waals surface area contributed by atoms with Crippen LogP contribution in [0.4, 0.5) is 0 Å². The number of thiocarbonyl (C=S) groups is 1. The quantitative estimate of drug-likeness (QED) is 0.651. The van der Waals surface area contributed by atoms with Crippen LogP contribution in [0.25, 0.3) is 11.4 Å². The first kappa shape index (κ1) is 16.7. The zero-order valence-electron chi connectivity index (χ0n) is 13.9. The van der Waals surface area contributed by atoms with Gasteiger partial charge in [0.15, 0.2) is 5.11 Å². The third kappa shape index (κ3) is 2.33. The number of nitrogens with zero attached hydrogens (tertiary/aromatic N) is 4. The molecule has 1 aromatic heterocycles. The van der Waals surface area contributed by atoms with E-state index < -0.39 is 0 Å². The molecule has 0 N–H and O–H groups in total. The van der Waals surface area contributed by atoms with E-state index in [0.717, 1.165) is 5.70 Å². The van der Waals surface area contributed by atoms with E-state index in [4.69, 9.17) is 12.2 Å². The molecule has 2 aliphatic rings. The second kappa shape index (κ2) is 6.03. The van der Waals surface area contributed by atoms with Gasteiger partial charge in [0.25, 0.3) is 11.5 Å². The maximum absolute atomic E-state index is 12.9. The van der Waals surface area contributed by atoms with Crippen LogP contribution in [0.2, 0.25) is 0 Å². The molecule has 2 aliphatic heterocycles. The Labute approximate surface area is 148 Å². The minimum Gasteiger partial charge on any atom is -0.350 e. The van der Waals surface area contributed by atoms with Gasteiger partial charge in [-0.05, 0) is 31.3 Å². The molecule has 6 nitrogen and oxygen atoms in total. The van der Waals surface area contributed by atoms with Crippen molar-refractivity contribution in [2.75, 3.05) is 21.1 Å². The van der Waals surface area contributed by atoms with Crippen molar-refractivity contribution in [2.24, 2.45) is 0 Å². The third-order valence-electron chi connectivity index (χ3n) is 4.11. The highest BCUT2D eigenvalue weighted by Crippen LogP contribution is 2.17. The summed E-state index contributed by atoms with van der Waals surface area (Å²) in [5, 5.41) is 0.435. The molecule has 3 rings (SSSR count). The summed E-state index contributed by atoms with van der Waals surface area (Å²) in [6.07, 6.45) is 7.60. The molecule has 0 atom stereocenters. The average Bonchev–Trinajstić information content (AvgIpc) is 2.98. The van der Waals surface area contributed by atoms with E-state index in [1.807, 2.05) is 43.3 Å². The monoisotopic (exact) mass is 362 g/mol. The van der Waals surface area contributed by atoms with Crippen LogP contribution in [0, 0.1) is 0 Å². The van der Waals surface area contributed by atoms with Crippen LogP contribution in [-0.2, 0) is 11.3 Å². The Morgan fingerprint density at radius 2 is 1.83 bits per heavy atom. The van der Waals surface area contributed by atoms with Crippen LogP contribution in [0.1, 0.15) is 6.92 Å². The summed E-state index contributed by atoms with van der Waals surface area (Å²) in [5.74, 6) is -0.185. The van der Waals surface area contributed by atoms with Crippen molar-refractivity contribution in [1.29, 1.82) is 0 Å². The second-order valence-electron chi connectivity index (χ2n) is 5.54. The number of carbonyl (C=O) groups is 1. The summed E-state index contributed by atoms with van der Waals surface area (Å²) >= 11 is 6.61. The summed E-state index contributed by atoms with van der Waals surface area (Å²) in [5.41, 5.74) is 1.19. The Balaban J connectivity index is 2.42. The van der Waals surface area contributed by atoms with E-state index in [9.17, 15) is 9.59 Å². The van der Waals surface area contributed by atoms with Crippen molar-refractivity contribution in [1.82, 2.24) is 19.3 Å². The molecule has 3 heterocycles. The van der Waals surface area contributed by atoms with Crippen molar-refractivity contribution in [3.05, 3.63) is 44.0 Å². The Morgan fingerprint density at radius 1 is 1.12 bits per heavy atom. The van der Waals surface area contributed by atoms with Crippen LogP contribution in [0.15, 0.2) is 29.2 Å². The van der Waals surface area contributed by atoms with Gasteiger partial charge in [-0.2, -0.15) is 0 Å². The van der Waals surface area contributed by atoms with Crippen molar-refractivity contribution >= 4 is 46.0 Å². The molecule has 0 unspecified atom stereocenters. The first-order chi connectivity index (χ1) is 11.4. The van der Waals surface area contributed by atoms with Crippen molar-refractivity contribution < 1.29 is 4.79 Å². The Bertz CT molecular complexity index is 967. The van der Waals surface area contributed by atoms with Crippen molar-refractivity contribution in [3.8, 4) is 0 Å². The maximum atomic E-state index is 12.9. The van der Waals surface area contributed by atoms with Gasteiger partial charge in [-0.25, -0.2) is 0 Å². The van der Waals surface area contributed by atoms with E-state index in [1.54, 1.807) is 23.6 Å². The number of aromatic nitrogens is 1. The molecule has 126 valence electrons. The second-order valence-corrected chi connectivity index (χ2v) is 6.90. The van der Waals surface area contributed by atoms with Gasteiger partial charge in [-0.1, -0.05) is 6.08 Å². The highest BCUT2D eigenvalue weighted by atomic mass is 32.1. The zero-order valence-corrected chi connectivity index (χ0v) is 15.6. The summed E-state index contributed by atoms with van der Waals surface area (Å²) in [6.45, 7) is 2.39. The predicted molar refractivity (Wildman–Crippen MR) is 99.5 cm³/mol. The van der Waals surface area contributed by atoms with E-state index in [2.05, 4.69) is 0 Å². The SMILES string of the molecule is CCn1c(=O)/c(=C2\C=CC=CN2C)s/c1=C1/C(=O)N(C)C(=S)N1C. The summed E-state index contributed by atoms with van der Waals surface area (Å²) < 4.78 is 2.89. The predicted octanol–water partition coefficient (Wildman–Crippen LogP) is -0.150. The number of hydrogen-bond donors (Lipinski definition) is 0. The topological polar surface area (TPSA) is 48.8 Å².